The minimum atomic E-state index is -0.668. The third-order valence-electron chi connectivity index (χ3n) is 3.16. The van der Waals surface area contributed by atoms with E-state index in [1.165, 1.54) is 52.1 Å². The van der Waals surface area contributed by atoms with Crippen molar-refractivity contribution in [3.63, 3.8) is 0 Å². The molecule has 0 amide bonds. The molecule has 0 saturated carbocycles. The van der Waals surface area contributed by atoms with Gasteiger partial charge in [-0.1, -0.05) is 0 Å². The lowest BCUT2D eigenvalue weighted by atomic mass is 10.0. The molecule has 8 nitrogen and oxygen atoms in total. The number of methoxy groups -OCH3 is 1. The van der Waals surface area contributed by atoms with Gasteiger partial charge in [0.2, 0.25) is 0 Å². The van der Waals surface area contributed by atoms with Crippen molar-refractivity contribution in [3.05, 3.63) is 29.8 Å². The Hall–Kier alpha value is -3.42. The summed E-state index contributed by atoms with van der Waals surface area (Å²) in [7, 11) is 1.20. The standard InChI is InChI=1S/C18H16O8/c1-9(19)24-13-7-15-14(17(8-13)26-11(3)21)5-12(18(22)23-4)6-16(15)25-10(2)20/h5-8H,1-4H3. The largest absolute Gasteiger partial charge is 0.465 e. The first-order valence-corrected chi connectivity index (χ1v) is 7.46. The molecule has 0 aromatic heterocycles. The number of carbonyl (C=O) groups is 4. The van der Waals surface area contributed by atoms with Gasteiger partial charge >= 0.3 is 23.9 Å². The van der Waals surface area contributed by atoms with Gasteiger partial charge in [0.1, 0.15) is 17.2 Å². The van der Waals surface area contributed by atoms with Crippen molar-refractivity contribution in [2.24, 2.45) is 0 Å². The number of hydrogen-bond acceptors (Lipinski definition) is 8. The molecule has 8 heteroatoms. The Morgan fingerprint density at radius 3 is 1.69 bits per heavy atom. The van der Waals surface area contributed by atoms with Crippen LogP contribution in [0.1, 0.15) is 31.1 Å². The van der Waals surface area contributed by atoms with E-state index in [1.54, 1.807) is 0 Å². The van der Waals surface area contributed by atoms with Crippen molar-refractivity contribution < 1.29 is 38.1 Å². The summed E-state index contributed by atoms with van der Waals surface area (Å²) >= 11 is 0. The maximum Gasteiger partial charge on any atom is 0.338 e. The van der Waals surface area contributed by atoms with Crippen LogP contribution >= 0.6 is 0 Å². The van der Waals surface area contributed by atoms with E-state index in [0.717, 1.165) is 0 Å². The van der Waals surface area contributed by atoms with Gasteiger partial charge in [-0.05, 0) is 18.2 Å². The van der Waals surface area contributed by atoms with Crippen LogP contribution in [0.5, 0.6) is 17.2 Å². The number of esters is 4. The number of fused-ring (bicyclic) bond motifs is 1. The molecule has 0 N–H and O–H groups in total. The highest BCUT2D eigenvalue weighted by Crippen LogP contribution is 2.38. The highest BCUT2D eigenvalue weighted by molar-refractivity contribution is 6.02. The van der Waals surface area contributed by atoms with Gasteiger partial charge in [0, 0.05) is 37.6 Å². The van der Waals surface area contributed by atoms with Crippen LogP contribution in [0.4, 0.5) is 0 Å². The van der Waals surface area contributed by atoms with E-state index >= 15 is 0 Å². The fourth-order valence-electron chi connectivity index (χ4n) is 2.31. The second-order valence-corrected chi connectivity index (χ2v) is 5.26. The SMILES string of the molecule is COC(=O)c1cc(OC(C)=O)c2cc(OC(C)=O)cc(OC(C)=O)c2c1. The van der Waals surface area contributed by atoms with Crippen LogP contribution in [0.3, 0.4) is 0 Å². The van der Waals surface area contributed by atoms with E-state index in [9.17, 15) is 19.2 Å². The molecule has 2 aromatic carbocycles. The smallest absolute Gasteiger partial charge is 0.338 e. The predicted molar refractivity (Wildman–Crippen MR) is 89.2 cm³/mol. The molecule has 0 bridgehead atoms. The van der Waals surface area contributed by atoms with E-state index in [1.807, 2.05) is 0 Å². The van der Waals surface area contributed by atoms with Crippen molar-refractivity contribution in [2.45, 2.75) is 20.8 Å². The van der Waals surface area contributed by atoms with Crippen LogP contribution in [0, 0.1) is 0 Å². The predicted octanol–water partition coefficient (Wildman–Crippen LogP) is 2.40. The van der Waals surface area contributed by atoms with Crippen LogP contribution in [0.15, 0.2) is 24.3 Å². The number of benzene rings is 2. The summed E-state index contributed by atoms with van der Waals surface area (Å²) in [4.78, 5) is 46.0. The van der Waals surface area contributed by atoms with Crippen LogP contribution in [0.25, 0.3) is 10.8 Å². The second-order valence-electron chi connectivity index (χ2n) is 5.26. The molecule has 0 unspecified atom stereocenters. The maximum absolute atomic E-state index is 11.9. The average Bonchev–Trinajstić information content (AvgIpc) is 2.53. The lowest BCUT2D eigenvalue weighted by Crippen LogP contribution is -2.08. The molecular formula is C18H16O8. The molecule has 0 saturated heterocycles. The van der Waals surface area contributed by atoms with Gasteiger partial charge in [-0.3, -0.25) is 14.4 Å². The fourth-order valence-corrected chi connectivity index (χ4v) is 2.31. The first-order valence-electron chi connectivity index (χ1n) is 7.46. The van der Waals surface area contributed by atoms with E-state index in [-0.39, 0.29) is 22.8 Å². The van der Waals surface area contributed by atoms with E-state index in [2.05, 4.69) is 4.74 Å². The van der Waals surface area contributed by atoms with Crippen LogP contribution in [-0.2, 0) is 19.1 Å². The number of rotatable bonds is 4. The maximum atomic E-state index is 11.9. The summed E-state index contributed by atoms with van der Waals surface area (Å²) in [5.74, 6) is -2.36. The number of hydrogen-bond donors (Lipinski definition) is 0. The molecular weight excluding hydrogens is 344 g/mol. The Balaban J connectivity index is 2.82. The van der Waals surface area contributed by atoms with Crippen molar-refractivity contribution in [1.82, 2.24) is 0 Å². The van der Waals surface area contributed by atoms with Gasteiger partial charge in [0.15, 0.2) is 0 Å². The Morgan fingerprint density at radius 2 is 1.19 bits per heavy atom. The molecule has 0 heterocycles. The zero-order valence-electron chi connectivity index (χ0n) is 14.6. The molecule has 0 spiro atoms. The highest BCUT2D eigenvalue weighted by Gasteiger charge is 2.18. The van der Waals surface area contributed by atoms with Gasteiger partial charge in [0.05, 0.1) is 12.7 Å². The monoisotopic (exact) mass is 360 g/mol. The molecule has 2 aromatic rings. The lowest BCUT2D eigenvalue weighted by molar-refractivity contribution is -0.133. The summed E-state index contributed by atoms with van der Waals surface area (Å²) in [6, 6.07) is 5.49. The lowest BCUT2D eigenvalue weighted by Gasteiger charge is -2.14. The summed E-state index contributed by atoms with van der Waals surface area (Å²) in [6.07, 6.45) is 0. The van der Waals surface area contributed by atoms with Gasteiger partial charge < -0.3 is 18.9 Å². The summed E-state index contributed by atoms with van der Waals surface area (Å²) in [6.45, 7) is 3.60. The first-order chi connectivity index (χ1) is 12.2. The van der Waals surface area contributed by atoms with E-state index < -0.39 is 23.9 Å². The Labute approximate surface area is 148 Å². The van der Waals surface area contributed by atoms with Gasteiger partial charge in [-0.25, -0.2) is 4.79 Å². The number of ether oxygens (including phenoxy) is 4. The van der Waals surface area contributed by atoms with Crippen LogP contribution < -0.4 is 14.2 Å². The first kappa shape index (κ1) is 18.9. The number of carbonyl (C=O) groups excluding carboxylic acids is 4. The zero-order chi connectivity index (χ0) is 19.4. The topological polar surface area (TPSA) is 105 Å². The Kier molecular flexibility index (Phi) is 5.56. The van der Waals surface area contributed by atoms with Crippen molar-refractivity contribution in [3.8, 4) is 17.2 Å². The molecule has 0 fully saturated rings. The van der Waals surface area contributed by atoms with E-state index in [4.69, 9.17) is 14.2 Å². The molecule has 0 aliphatic carbocycles. The molecule has 0 atom stereocenters. The summed E-state index contributed by atoms with van der Waals surface area (Å²) in [5.41, 5.74) is 0.0879. The van der Waals surface area contributed by atoms with Gasteiger partial charge in [-0.2, -0.15) is 0 Å². The summed E-state index contributed by atoms with van der Waals surface area (Å²) < 4.78 is 20.0. The highest BCUT2D eigenvalue weighted by atomic mass is 16.5. The molecule has 0 aliphatic rings. The average molecular weight is 360 g/mol. The van der Waals surface area contributed by atoms with Crippen LogP contribution in [-0.4, -0.2) is 31.0 Å². The molecule has 26 heavy (non-hydrogen) atoms. The molecule has 0 radical (unpaired) electrons. The van der Waals surface area contributed by atoms with Crippen molar-refractivity contribution >= 4 is 34.6 Å². The van der Waals surface area contributed by atoms with Crippen molar-refractivity contribution in [2.75, 3.05) is 7.11 Å². The Morgan fingerprint density at radius 1 is 0.692 bits per heavy atom. The molecule has 2 rings (SSSR count). The van der Waals surface area contributed by atoms with Gasteiger partial charge in [0.25, 0.3) is 0 Å². The normalized spacial score (nSPS) is 10.2. The Bertz CT molecular complexity index is 913. The minimum Gasteiger partial charge on any atom is -0.465 e. The van der Waals surface area contributed by atoms with Crippen LogP contribution in [0.2, 0.25) is 0 Å². The molecule has 0 aliphatic heterocycles. The minimum absolute atomic E-state index is 0.0257. The zero-order valence-corrected chi connectivity index (χ0v) is 14.6. The third-order valence-corrected chi connectivity index (χ3v) is 3.16. The molecule has 136 valence electrons. The van der Waals surface area contributed by atoms with E-state index in [0.29, 0.717) is 10.8 Å². The second kappa shape index (κ2) is 7.64. The summed E-state index contributed by atoms with van der Waals surface area (Å²) in [5, 5.41) is 0.609. The quantitative estimate of drug-likeness (QED) is 0.604. The van der Waals surface area contributed by atoms with Crippen molar-refractivity contribution in [1.29, 1.82) is 0 Å². The van der Waals surface area contributed by atoms with Gasteiger partial charge in [-0.15, -0.1) is 0 Å². The fraction of sp³-hybridized carbons (Fsp3) is 0.222. The third kappa shape index (κ3) is 4.35.